The van der Waals surface area contributed by atoms with Crippen molar-refractivity contribution in [2.24, 2.45) is 0 Å². The molecule has 168 valence electrons. The fourth-order valence-corrected chi connectivity index (χ4v) is 3.35. The number of anilines is 2. The van der Waals surface area contributed by atoms with Crippen molar-refractivity contribution in [2.75, 3.05) is 49.1 Å². The molecule has 0 unspecified atom stereocenters. The van der Waals surface area contributed by atoms with Gasteiger partial charge in [-0.3, -0.25) is 19.5 Å². The molecule has 0 aliphatic carbocycles. The molecule has 1 aromatic rings. The van der Waals surface area contributed by atoms with Crippen LogP contribution in [0.15, 0.2) is 12.1 Å². The Morgan fingerprint density at radius 2 is 1.90 bits per heavy atom. The number of nitrogens with one attached hydrogen (secondary N) is 2. The number of carbonyl (C=O) groups excluding carboxylic acids is 3. The van der Waals surface area contributed by atoms with E-state index in [0.717, 1.165) is 22.0 Å². The highest BCUT2D eigenvalue weighted by Gasteiger charge is 2.34. The molecule has 3 amide bonds. The van der Waals surface area contributed by atoms with E-state index in [-0.39, 0.29) is 56.6 Å². The molecule has 2 aliphatic rings. The van der Waals surface area contributed by atoms with Gasteiger partial charge in [0.2, 0.25) is 5.91 Å². The Bertz CT molecular complexity index is 890. The number of ether oxygens (including phenoxy) is 1. The Kier molecular flexibility index (Phi) is 6.53. The van der Waals surface area contributed by atoms with Crippen molar-refractivity contribution in [1.82, 2.24) is 15.8 Å². The zero-order chi connectivity index (χ0) is 22.7. The number of carbonyl (C=O) groups is 4. The molecule has 3 rings (SSSR count). The van der Waals surface area contributed by atoms with Crippen LogP contribution in [0.4, 0.5) is 25.0 Å². The molecule has 0 radical (unpaired) electrons. The van der Waals surface area contributed by atoms with Gasteiger partial charge in [-0.1, -0.05) is 0 Å². The smallest absolute Gasteiger partial charge is 0.414 e. The summed E-state index contributed by atoms with van der Waals surface area (Å²) < 4.78 is 34.8. The van der Waals surface area contributed by atoms with Crippen LogP contribution >= 0.6 is 0 Å². The average molecular weight is 441 g/mol. The molecule has 1 aromatic carbocycles. The monoisotopic (exact) mass is 441 g/mol. The van der Waals surface area contributed by atoms with Crippen LogP contribution in [0, 0.1) is 11.6 Å². The van der Waals surface area contributed by atoms with E-state index in [0.29, 0.717) is 0 Å². The Labute approximate surface area is 175 Å². The van der Waals surface area contributed by atoms with Gasteiger partial charge < -0.3 is 20.1 Å². The van der Waals surface area contributed by atoms with Crippen molar-refractivity contribution in [1.29, 1.82) is 0 Å². The van der Waals surface area contributed by atoms with Crippen molar-refractivity contribution < 1.29 is 37.8 Å². The van der Waals surface area contributed by atoms with Crippen LogP contribution in [0.25, 0.3) is 0 Å². The van der Waals surface area contributed by atoms with E-state index >= 15 is 0 Å². The summed E-state index contributed by atoms with van der Waals surface area (Å²) in [6, 6.07) is 2.00. The van der Waals surface area contributed by atoms with Gasteiger partial charge in [0.25, 0.3) is 0 Å². The summed E-state index contributed by atoms with van der Waals surface area (Å²) in [6.07, 6.45) is -1.44. The molecular weight excluding hydrogens is 420 g/mol. The maximum atomic E-state index is 14.8. The van der Waals surface area contributed by atoms with E-state index in [4.69, 9.17) is 9.84 Å². The first-order valence-corrected chi connectivity index (χ1v) is 9.42. The number of rotatable bonds is 4. The van der Waals surface area contributed by atoms with E-state index in [1.165, 1.54) is 11.8 Å². The third kappa shape index (κ3) is 4.99. The third-order valence-corrected chi connectivity index (χ3v) is 4.79. The number of hydrogen-bond acceptors (Lipinski definition) is 7. The second-order valence-corrected chi connectivity index (χ2v) is 6.97. The fraction of sp³-hybridized carbons (Fsp3) is 0.444. The lowest BCUT2D eigenvalue weighted by Crippen LogP contribution is -2.46. The first-order chi connectivity index (χ1) is 14.7. The van der Waals surface area contributed by atoms with Crippen LogP contribution in [0.2, 0.25) is 0 Å². The second kappa shape index (κ2) is 9.12. The Morgan fingerprint density at radius 1 is 1.23 bits per heavy atom. The highest BCUT2D eigenvalue weighted by Crippen LogP contribution is 2.31. The Morgan fingerprint density at radius 3 is 2.52 bits per heavy atom. The summed E-state index contributed by atoms with van der Waals surface area (Å²) in [5, 5.41) is 12.2. The number of halogens is 2. The number of benzene rings is 1. The van der Waals surface area contributed by atoms with Gasteiger partial charge in [0.15, 0.2) is 11.6 Å². The zero-order valence-electron chi connectivity index (χ0n) is 16.6. The van der Waals surface area contributed by atoms with Crippen molar-refractivity contribution in [3.8, 4) is 0 Å². The number of amides is 3. The summed E-state index contributed by atoms with van der Waals surface area (Å²) in [7, 11) is 0. The highest BCUT2D eigenvalue weighted by molar-refractivity contribution is 6.31. The lowest BCUT2D eigenvalue weighted by atomic mass is 10.2. The normalized spacial score (nSPS) is 19.1. The summed E-state index contributed by atoms with van der Waals surface area (Å²) in [6.45, 7) is 1.49. The Balaban J connectivity index is 1.74. The minimum absolute atomic E-state index is 0.0102. The topological polar surface area (TPSA) is 132 Å². The largest absolute Gasteiger partial charge is 0.474 e. The maximum Gasteiger partial charge on any atom is 0.414 e. The molecule has 2 aliphatic heterocycles. The predicted octanol–water partition coefficient (Wildman–Crippen LogP) is -0.336. The van der Waals surface area contributed by atoms with E-state index in [1.807, 2.05) is 0 Å². The quantitative estimate of drug-likeness (QED) is 0.541. The van der Waals surface area contributed by atoms with Gasteiger partial charge in [0.05, 0.1) is 25.3 Å². The Hall–Kier alpha value is -3.48. The highest BCUT2D eigenvalue weighted by atomic mass is 19.1. The molecule has 11 nitrogen and oxygen atoms in total. The lowest BCUT2D eigenvalue weighted by molar-refractivity contribution is -0.157. The molecule has 2 saturated heterocycles. The SMILES string of the molecule is CC(=O)NC[C@H]1CN(c2cc(F)c(N3CCNN(C(=O)C(=O)O)CC3)c(F)c2)C(=O)O1. The summed E-state index contributed by atoms with van der Waals surface area (Å²) >= 11 is 0. The van der Waals surface area contributed by atoms with Gasteiger partial charge in [0, 0.05) is 38.7 Å². The fourth-order valence-electron chi connectivity index (χ4n) is 3.35. The van der Waals surface area contributed by atoms with Gasteiger partial charge >= 0.3 is 18.0 Å². The molecule has 0 aromatic heterocycles. The van der Waals surface area contributed by atoms with Crippen molar-refractivity contribution in [3.63, 3.8) is 0 Å². The molecular formula is C18H21F2N5O6. The number of carboxylic acid groups (broad SMARTS) is 1. The number of hydrazine groups is 1. The number of carboxylic acids is 1. The van der Waals surface area contributed by atoms with Gasteiger partial charge in [-0.05, 0) is 0 Å². The van der Waals surface area contributed by atoms with Crippen LogP contribution < -0.4 is 20.5 Å². The van der Waals surface area contributed by atoms with Crippen LogP contribution in [0.1, 0.15) is 6.92 Å². The van der Waals surface area contributed by atoms with Crippen LogP contribution in [0.5, 0.6) is 0 Å². The summed E-state index contributed by atoms with van der Waals surface area (Å²) in [5.74, 6) is -4.96. The van der Waals surface area contributed by atoms with Gasteiger partial charge in [-0.25, -0.2) is 23.8 Å². The van der Waals surface area contributed by atoms with Crippen molar-refractivity contribution in [2.45, 2.75) is 13.0 Å². The van der Waals surface area contributed by atoms with E-state index in [2.05, 4.69) is 10.7 Å². The van der Waals surface area contributed by atoms with Crippen LogP contribution in [0.3, 0.4) is 0 Å². The molecule has 0 spiro atoms. The molecule has 3 N–H and O–H groups in total. The van der Waals surface area contributed by atoms with Gasteiger partial charge in [-0.2, -0.15) is 0 Å². The first kappa shape index (κ1) is 22.2. The minimum atomic E-state index is -1.64. The van der Waals surface area contributed by atoms with E-state index in [9.17, 15) is 28.0 Å². The summed E-state index contributed by atoms with van der Waals surface area (Å²) in [5.41, 5.74) is 2.22. The number of hydrogen-bond donors (Lipinski definition) is 3. The van der Waals surface area contributed by atoms with Crippen molar-refractivity contribution >= 4 is 35.3 Å². The predicted molar refractivity (Wildman–Crippen MR) is 102 cm³/mol. The number of aliphatic carboxylic acids is 1. The van der Waals surface area contributed by atoms with E-state index < -0.39 is 35.7 Å². The first-order valence-electron chi connectivity index (χ1n) is 9.42. The zero-order valence-corrected chi connectivity index (χ0v) is 16.6. The van der Waals surface area contributed by atoms with Crippen LogP contribution in [-0.4, -0.2) is 79.4 Å². The average Bonchev–Trinajstić information content (AvgIpc) is 2.91. The molecule has 2 heterocycles. The van der Waals surface area contributed by atoms with Crippen molar-refractivity contribution in [3.05, 3.63) is 23.8 Å². The molecule has 0 bridgehead atoms. The second-order valence-electron chi connectivity index (χ2n) is 6.97. The lowest BCUT2D eigenvalue weighted by Gasteiger charge is -2.24. The van der Waals surface area contributed by atoms with E-state index in [1.54, 1.807) is 0 Å². The maximum absolute atomic E-state index is 14.8. The van der Waals surface area contributed by atoms with Gasteiger partial charge in [0.1, 0.15) is 11.8 Å². The molecule has 13 heteroatoms. The van der Waals surface area contributed by atoms with Crippen LogP contribution in [-0.2, 0) is 19.1 Å². The molecule has 0 saturated carbocycles. The summed E-state index contributed by atoms with van der Waals surface area (Å²) in [4.78, 5) is 47.9. The third-order valence-electron chi connectivity index (χ3n) is 4.79. The number of nitrogens with zero attached hydrogens (tertiary/aromatic N) is 3. The minimum Gasteiger partial charge on any atom is -0.474 e. The standard InChI is InChI=1S/C18H21F2N5O6/c1-10(26)21-8-12-9-24(18(30)31-12)11-6-13(19)15(14(20)7-11)23-3-2-22-25(5-4-23)16(27)17(28)29/h6-7,12,22H,2-5,8-9H2,1H3,(H,21,26)(H,28,29)/t12-/m0/s1. The molecule has 2 fully saturated rings. The molecule has 31 heavy (non-hydrogen) atoms. The molecule has 1 atom stereocenters. The number of cyclic esters (lactones) is 1. The van der Waals surface area contributed by atoms with Gasteiger partial charge in [-0.15, -0.1) is 0 Å².